The van der Waals surface area contributed by atoms with Gasteiger partial charge in [0.25, 0.3) is 0 Å². The number of carbonyl (C=O) groups is 1. The standard InChI is InChI=1S/C15H20O3/c1-4-6-13-9(3)14(17)11-7-8-12(16)10(5-2)15(11)18-13/h7-9,13,16H,4-6H2,1-3H3/t9-,13+/m0/s1. The molecule has 1 heterocycles. The van der Waals surface area contributed by atoms with Crippen molar-refractivity contribution in [1.29, 1.82) is 0 Å². The third-order valence-corrected chi connectivity index (χ3v) is 3.67. The zero-order chi connectivity index (χ0) is 13.3. The lowest BCUT2D eigenvalue weighted by Gasteiger charge is -2.31. The Morgan fingerprint density at radius 3 is 2.67 bits per heavy atom. The van der Waals surface area contributed by atoms with Crippen molar-refractivity contribution in [2.24, 2.45) is 5.92 Å². The van der Waals surface area contributed by atoms with E-state index in [9.17, 15) is 9.90 Å². The van der Waals surface area contributed by atoms with E-state index in [-0.39, 0.29) is 23.6 Å². The Balaban J connectivity index is 2.48. The molecule has 0 saturated carbocycles. The lowest BCUT2D eigenvalue weighted by atomic mass is 9.87. The predicted molar refractivity (Wildman–Crippen MR) is 70.3 cm³/mol. The number of phenols is 1. The molecule has 1 aromatic rings. The molecule has 0 radical (unpaired) electrons. The maximum absolute atomic E-state index is 12.3. The average molecular weight is 248 g/mol. The van der Waals surface area contributed by atoms with Crippen LogP contribution in [-0.2, 0) is 6.42 Å². The molecule has 18 heavy (non-hydrogen) atoms. The number of fused-ring (bicyclic) bond motifs is 1. The number of benzene rings is 1. The van der Waals surface area contributed by atoms with Crippen LogP contribution in [0.3, 0.4) is 0 Å². The second-order valence-corrected chi connectivity index (χ2v) is 4.89. The summed E-state index contributed by atoms with van der Waals surface area (Å²) in [5.74, 6) is 0.837. The van der Waals surface area contributed by atoms with Crippen molar-refractivity contribution in [3.63, 3.8) is 0 Å². The van der Waals surface area contributed by atoms with Crippen LogP contribution < -0.4 is 4.74 Å². The Hall–Kier alpha value is -1.51. The van der Waals surface area contributed by atoms with Crippen molar-refractivity contribution in [3.05, 3.63) is 23.3 Å². The van der Waals surface area contributed by atoms with E-state index in [0.717, 1.165) is 18.4 Å². The topological polar surface area (TPSA) is 46.5 Å². The van der Waals surface area contributed by atoms with Crippen LogP contribution in [0.25, 0.3) is 0 Å². The molecule has 0 fully saturated rings. The van der Waals surface area contributed by atoms with Gasteiger partial charge in [0.15, 0.2) is 5.78 Å². The molecular weight excluding hydrogens is 228 g/mol. The molecule has 0 aromatic heterocycles. The molecule has 1 aromatic carbocycles. The average Bonchev–Trinajstić information content (AvgIpc) is 2.36. The van der Waals surface area contributed by atoms with Gasteiger partial charge in [0.05, 0.1) is 11.5 Å². The minimum absolute atomic E-state index is 0.0675. The van der Waals surface area contributed by atoms with Crippen molar-refractivity contribution in [3.8, 4) is 11.5 Å². The van der Waals surface area contributed by atoms with Gasteiger partial charge in [-0.05, 0) is 25.0 Å². The quantitative estimate of drug-likeness (QED) is 0.892. The molecule has 0 saturated heterocycles. The molecular formula is C15H20O3. The summed E-state index contributed by atoms with van der Waals surface area (Å²) >= 11 is 0. The summed E-state index contributed by atoms with van der Waals surface area (Å²) in [7, 11) is 0. The molecule has 1 N–H and O–H groups in total. The molecule has 2 rings (SSSR count). The van der Waals surface area contributed by atoms with Gasteiger partial charge in [-0.25, -0.2) is 0 Å². The Labute approximate surface area is 108 Å². The number of ketones is 1. The van der Waals surface area contributed by atoms with E-state index in [1.54, 1.807) is 12.1 Å². The fourth-order valence-corrected chi connectivity index (χ4v) is 2.55. The Kier molecular flexibility index (Phi) is 3.60. The van der Waals surface area contributed by atoms with E-state index in [1.165, 1.54) is 0 Å². The first-order valence-corrected chi connectivity index (χ1v) is 6.65. The van der Waals surface area contributed by atoms with Crippen molar-refractivity contribution < 1.29 is 14.6 Å². The second kappa shape index (κ2) is 5.01. The van der Waals surface area contributed by atoms with Gasteiger partial charge >= 0.3 is 0 Å². The largest absolute Gasteiger partial charge is 0.508 e. The second-order valence-electron chi connectivity index (χ2n) is 4.89. The molecule has 0 bridgehead atoms. The van der Waals surface area contributed by atoms with Crippen LogP contribution in [0.5, 0.6) is 11.5 Å². The first-order chi connectivity index (χ1) is 8.60. The summed E-state index contributed by atoms with van der Waals surface area (Å²) in [4.78, 5) is 12.3. The Bertz CT molecular complexity index is 465. The van der Waals surface area contributed by atoms with Crippen LogP contribution in [0, 0.1) is 5.92 Å². The van der Waals surface area contributed by atoms with E-state index in [1.807, 2.05) is 13.8 Å². The zero-order valence-electron chi connectivity index (χ0n) is 11.2. The zero-order valence-corrected chi connectivity index (χ0v) is 11.2. The summed E-state index contributed by atoms with van der Waals surface area (Å²) in [5, 5.41) is 9.84. The summed E-state index contributed by atoms with van der Waals surface area (Å²) in [6, 6.07) is 3.26. The molecule has 0 aliphatic carbocycles. The minimum Gasteiger partial charge on any atom is -0.508 e. The SMILES string of the molecule is CCC[C@H]1Oc2c(ccc(O)c2CC)C(=O)[C@H]1C. The fourth-order valence-electron chi connectivity index (χ4n) is 2.55. The molecule has 98 valence electrons. The van der Waals surface area contributed by atoms with Crippen molar-refractivity contribution in [2.75, 3.05) is 0 Å². The van der Waals surface area contributed by atoms with E-state index in [4.69, 9.17) is 4.74 Å². The van der Waals surface area contributed by atoms with Crippen molar-refractivity contribution >= 4 is 5.78 Å². The first kappa shape index (κ1) is 12.9. The van der Waals surface area contributed by atoms with Gasteiger partial charge in [-0.3, -0.25) is 4.79 Å². The molecule has 0 amide bonds. The van der Waals surface area contributed by atoms with Gasteiger partial charge in [-0.1, -0.05) is 27.2 Å². The van der Waals surface area contributed by atoms with Gasteiger partial charge in [-0.15, -0.1) is 0 Å². The Morgan fingerprint density at radius 1 is 1.33 bits per heavy atom. The predicted octanol–water partition coefficient (Wildman–Crippen LogP) is 3.33. The van der Waals surface area contributed by atoms with Gasteiger partial charge < -0.3 is 9.84 Å². The summed E-state index contributed by atoms with van der Waals surface area (Å²) in [6.07, 6.45) is 2.44. The maximum Gasteiger partial charge on any atom is 0.173 e. The van der Waals surface area contributed by atoms with Crippen LogP contribution in [0.2, 0.25) is 0 Å². The summed E-state index contributed by atoms with van der Waals surface area (Å²) in [6.45, 7) is 5.96. The summed E-state index contributed by atoms with van der Waals surface area (Å²) < 4.78 is 5.98. The van der Waals surface area contributed by atoms with E-state index in [0.29, 0.717) is 17.7 Å². The molecule has 3 nitrogen and oxygen atoms in total. The number of hydrogen-bond acceptors (Lipinski definition) is 3. The number of Topliss-reactive ketones (excluding diaryl/α,β-unsaturated/α-hetero) is 1. The smallest absolute Gasteiger partial charge is 0.173 e. The molecule has 3 heteroatoms. The van der Waals surface area contributed by atoms with Gasteiger partial charge in [0, 0.05) is 5.56 Å². The van der Waals surface area contributed by atoms with E-state index < -0.39 is 0 Å². The van der Waals surface area contributed by atoms with Crippen LogP contribution in [0.15, 0.2) is 12.1 Å². The number of rotatable bonds is 3. The van der Waals surface area contributed by atoms with E-state index in [2.05, 4.69) is 6.92 Å². The van der Waals surface area contributed by atoms with E-state index >= 15 is 0 Å². The monoisotopic (exact) mass is 248 g/mol. The number of ether oxygens (including phenoxy) is 1. The van der Waals surface area contributed by atoms with Crippen molar-refractivity contribution in [2.45, 2.75) is 46.1 Å². The van der Waals surface area contributed by atoms with Gasteiger partial charge in [0.1, 0.15) is 17.6 Å². The highest BCUT2D eigenvalue weighted by Gasteiger charge is 2.35. The molecule has 1 aliphatic heterocycles. The third-order valence-electron chi connectivity index (χ3n) is 3.67. The van der Waals surface area contributed by atoms with Crippen LogP contribution in [0.4, 0.5) is 0 Å². The van der Waals surface area contributed by atoms with Crippen LogP contribution >= 0.6 is 0 Å². The molecule has 2 atom stereocenters. The first-order valence-electron chi connectivity index (χ1n) is 6.65. The number of phenolic OH excluding ortho intramolecular Hbond substituents is 1. The highest BCUT2D eigenvalue weighted by Crippen LogP contribution is 2.39. The highest BCUT2D eigenvalue weighted by atomic mass is 16.5. The number of aromatic hydroxyl groups is 1. The number of hydrogen-bond donors (Lipinski definition) is 1. The highest BCUT2D eigenvalue weighted by molar-refractivity contribution is 6.02. The minimum atomic E-state index is -0.105. The van der Waals surface area contributed by atoms with Gasteiger partial charge in [0.2, 0.25) is 0 Å². The van der Waals surface area contributed by atoms with Crippen LogP contribution in [-0.4, -0.2) is 17.0 Å². The normalized spacial score (nSPS) is 22.5. The van der Waals surface area contributed by atoms with Crippen LogP contribution in [0.1, 0.15) is 49.5 Å². The number of carbonyl (C=O) groups excluding carboxylic acids is 1. The Morgan fingerprint density at radius 2 is 2.06 bits per heavy atom. The molecule has 0 spiro atoms. The lowest BCUT2D eigenvalue weighted by Crippen LogP contribution is -2.36. The summed E-state index contributed by atoms with van der Waals surface area (Å²) in [5.41, 5.74) is 1.36. The fraction of sp³-hybridized carbons (Fsp3) is 0.533. The lowest BCUT2D eigenvalue weighted by molar-refractivity contribution is 0.0665. The molecule has 1 aliphatic rings. The molecule has 0 unspecified atom stereocenters. The third kappa shape index (κ3) is 1.98. The van der Waals surface area contributed by atoms with Gasteiger partial charge in [-0.2, -0.15) is 0 Å². The van der Waals surface area contributed by atoms with Crippen molar-refractivity contribution in [1.82, 2.24) is 0 Å². The maximum atomic E-state index is 12.3.